The van der Waals surface area contributed by atoms with Crippen LogP contribution in [0.2, 0.25) is 0 Å². The lowest BCUT2D eigenvalue weighted by Gasteiger charge is -2.35. The van der Waals surface area contributed by atoms with E-state index in [-0.39, 0.29) is 6.61 Å². The molecule has 2 saturated heterocycles. The monoisotopic (exact) mass is 243 g/mol. The fourth-order valence-corrected chi connectivity index (χ4v) is 2.72. The molecule has 2 rings (SSSR count). The molecule has 1 N–H and O–H groups in total. The number of hydrogen-bond acceptors (Lipinski definition) is 4. The Morgan fingerprint density at radius 2 is 2.00 bits per heavy atom. The van der Waals surface area contributed by atoms with Crippen LogP contribution in [0.1, 0.15) is 32.1 Å². The number of aliphatic hydroxyl groups is 1. The van der Waals surface area contributed by atoms with Crippen LogP contribution < -0.4 is 0 Å². The number of likely N-dealkylation sites (tertiary alicyclic amines) is 1. The van der Waals surface area contributed by atoms with Crippen molar-refractivity contribution in [2.45, 2.75) is 44.3 Å². The number of hydrogen-bond donors (Lipinski definition) is 1. The van der Waals surface area contributed by atoms with E-state index in [9.17, 15) is 0 Å². The molecule has 2 fully saturated rings. The second-order valence-corrected chi connectivity index (χ2v) is 5.08. The van der Waals surface area contributed by atoms with Crippen LogP contribution >= 0.6 is 0 Å². The molecule has 2 aliphatic heterocycles. The first-order valence-corrected chi connectivity index (χ1v) is 6.95. The van der Waals surface area contributed by atoms with Crippen molar-refractivity contribution in [1.82, 2.24) is 4.90 Å². The van der Waals surface area contributed by atoms with Gasteiger partial charge in [-0.05, 0) is 32.1 Å². The van der Waals surface area contributed by atoms with E-state index in [2.05, 4.69) is 4.90 Å². The molecule has 0 saturated carbocycles. The smallest absolute Gasteiger partial charge is 0.0702 e. The highest BCUT2D eigenvalue weighted by atomic mass is 16.5. The Morgan fingerprint density at radius 1 is 1.18 bits per heavy atom. The summed E-state index contributed by atoms with van der Waals surface area (Å²) in [5, 5.41) is 8.71. The van der Waals surface area contributed by atoms with Crippen molar-refractivity contribution in [3.8, 4) is 0 Å². The Balaban J connectivity index is 1.61. The highest BCUT2D eigenvalue weighted by Crippen LogP contribution is 2.18. The Kier molecular flexibility index (Phi) is 5.71. The molecule has 0 aliphatic carbocycles. The van der Waals surface area contributed by atoms with Gasteiger partial charge in [-0.15, -0.1) is 0 Å². The molecular weight excluding hydrogens is 218 g/mol. The van der Waals surface area contributed by atoms with E-state index < -0.39 is 0 Å². The molecule has 0 bridgehead atoms. The zero-order valence-electron chi connectivity index (χ0n) is 10.6. The third-order valence-corrected chi connectivity index (χ3v) is 3.72. The van der Waals surface area contributed by atoms with Gasteiger partial charge in [0, 0.05) is 26.2 Å². The Bertz CT molecular complexity index is 199. The van der Waals surface area contributed by atoms with E-state index in [4.69, 9.17) is 14.6 Å². The Morgan fingerprint density at radius 3 is 2.65 bits per heavy atom. The number of nitrogens with zero attached hydrogens (tertiary/aromatic N) is 1. The van der Waals surface area contributed by atoms with Crippen LogP contribution in [0.4, 0.5) is 0 Å². The molecule has 1 unspecified atom stereocenters. The molecule has 4 nitrogen and oxygen atoms in total. The van der Waals surface area contributed by atoms with Crippen molar-refractivity contribution in [1.29, 1.82) is 0 Å². The summed E-state index contributed by atoms with van der Waals surface area (Å²) in [5.41, 5.74) is 0. The second kappa shape index (κ2) is 7.31. The van der Waals surface area contributed by atoms with E-state index in [0.717, 1.165) is 39.1 Å². The van der Waals surface area contributed by atoms with Gasteiger partial charge in [0.05, 0.1) is 25.4 Å². The quantitative estimate of drug-likeness (QED) is 0.783. The molecule has 17 heavy (non-hydrogen) atoms. The average molecular weight is 243 g/mol. The van der Waals surface area contributed by atoms with E-state index in [1.807, 2.05) is 0 Å². The summed E-state index contributed by atoms with van der Waals surface area (Å²) in [6.07, 6.45) is 6.76. The van der Waals surface area contributed by atoms with Crippen LogP contribution in [-0.2, 0) is 9.47 Å². The lowest BCUT2D eigenvalue weighted by molar-refractivity contribution is -0.0352. The van der Waals surface area contributed by atoms with Gasteiger partial charge in [-0.2, -0.15) is 0 Å². The fourth-order valence-electron chi connectivity index (χ4n) is 2.72. The zero-order valence-corrected chi connectivity index (χ0v) is 10.6. The zero-order chi connectivity index (χ0) is 11.9. The maximum atomic E-state index is 8.71. The highest BCUT2D eigenvalue weighted by Gasteiger charge is 2.23. The summed E-state index contributed by atoms with van der Waals surface area (Å²) in [5.74, 6) is 0. The van der Waals surface area contributed by atoms with Crippen molar-refractivity contribution >= 4 is 0 Å². The largest absolute Gasteiger partial charge is 0.394 e. The van der Waals surface area contributed by atoms with Gasteiger partial charge in [0.2, 0.25) is 0 Å². The molecule has 4 heteroatoms. The van der Waals surface area contributed by atoms with Crippen LogP contribution in [0.3, 0.4) is 0 Å². The number of piperidine rings is 1. The van der Waals surface area contributed by atoms with Crippen LogP contribution in [0.25, 0.3) is 0 Å². The molecule has 0 aromatic carbocycles. The first-order chi connectivity index (χ1) is 8.38. The minimum atomic E-state index is 0.135. The van der Waals surface area contributed by atoms with Gasteiger partial charge in [0.1, 0.15) is 0 Å². The number of ether oxygens (including phenoxy) is 2. The van der Waals surface area contributed by atoms with Gasteiger partial charge in [0.15, 0.2) is 0 Å². The topological polar surface area (TPSA) is 41.9 Å². The first-order valence-electron chi connectivity index (χ1n) is 6.95. The van der Waals surface area contributed by atoms with Crippen molar-refractivity contribution in [3.05, 3.63) is 0 Å². The summed E-state index contributed by atoms with van der Waals surface area (Å²) in [4.78, 5) is 2.49. The van der Waals surface area contributed by atoms with Crippen molar-refractivity contribution in [3.63, 3.8) is 0 Å². The van der Waals surface area contributed by atoms with Gasteiger partial charge in [0.25, 0.3) is 0 Å². The molecule has 100 valence electrons. The molecule has 0 aromatic heterocycles. The maximum absolute atomic E-state index is 8.71. The Hall–Kier alpha value is -0.160. The van der Waals surface area contributed by atoms with Gasteiger partial charge >= 0.3 is 0 Å². The summed E-state index contributed by atoms with van der Waals surface area (Å²) in [6, 6.07) is 0. The standard InChI is InChI=1S/C13H25NO3/c15-8-10-17-12-4-6-14(7-5-12)11-13-3-1-2-9-16-13/h12-13,15H,1-11H2. The second-order valence-electron chi connectivity index (χ2n) is 5.08. The molecule has 0 amide bonds. The fraction of sp³-hybridized carbons (Fsp3) is 1.00. The van der Waals surface area contributed by atoms with Crippen molar-refractivity contribution in [2.75, 3.05) is 39.5 Å². The summed E-state index contributed by atoms with van der Waals surface area (Å²) >= 11 is 0. The van der Waals surface area contributed by atoms with Crippen LogP contribution in [0.5, 0.6) is 0 Å². The SMILES string of the molecule is OCCOC1CCN(CC2CCCCO2)CC1. The molecule has 0 radical (unpaired) electrons. The van der Waals surface area contributed by atoms with Crippen LogP contribution in [0.15, 0.2) is 0 Å². The molecule has 0 aromatic rings. The van der Waals surface area contributed by atoms with E-state index in [1.54, 1.807) is 0 Å². The van der Waals surface area contributed by atoms with E-state index >= 15 is 0 Å². The van der Waals surface area contributed by atoms with E-state index in [1.165, 1.54) is 19.3 Å². The molecule has 2 heterocycles. The van der Waals surface area contributed by atoms with Crippen molar-refractivity contribution < 1.29 is 14.6 Å². The summed E-state index contributed by atoms with van der Waals surface area (Å²) in [7, 11) is 0. The molecular formula is C13H25NO3. The van der Waals surface area contributed by atoms with Gasteiger partial charge in [-0.3, -0.25) is 0 Å². The van der Waals surface area contributed by atoms with E-state index in [0.29, 0.717) is 18.8 Å². The van der Waals surface area contributed by atoms with Gasteiger partial charge in [-0.25, -0.2) is 0 Å². The molecule has 0 spiro atoms. The predicted molar refractivity (Wildman–Crippen MR) is 66.1 cm³/mol. The third kappa shape index (κ3) is 4.54. The summed E-state index contributed by atoms with van der Waals surface area (Å²) in [6.45, 7) is 4.87. The highest BCUT2D eigenvalue weighted by molar-refractivity contribution is 4.76. The first kappa shape index (κ1) is 13.3. The predicted octanol–water partition coefficient (Wildman–Crippen LogP) is 1.03. The lowest BCUT2D eigenvalue weighted by atomic mass is 10.0. The molecule has 1 atom stereocenters. The van der Waals surface area contributed by atoms with Gasteiger partial charge < -0.3 is 19.5 Å². The van der Waals surface area contributed by atoms with Crippen LogP contribution in [-0.4, -0.2) is 61.7 Å². The van der Waals surface area contributed by atoms with Crippen LogP contribution in [0, 0.1) is 0 Å². The van der Waals surface area contributed by atoms with Gasteiger partial charge in [-0.1, -0.05) is 0 Å². The average Bonchev–Trinajstić information content (AvgIpc) is 2.39. The Labute approximate surface area is 104 Å². The molecule has 2 aliphatic rings. The minimum Gasteiger partial charge on any atom is -0.394 e. The number of rotatable bonds is 5. The summed E-state index contributed by atoms with van der Waals surface area (Å²) < 4.78 is 11.3. The normalized spacial score (nSPS) is 28.4. The van der Waals surface area contributed by atoms with Crippen molar-refractivity contribution in [2.24, 2.45) is 0 Å². The lowest BCUT2D eigenvalue weighted by Crippen LogP contribution is -2.42. The maximum Gasteiger partial charge on any atom is 0.0702 e. The minimum absolute atomic E-state index is 0.135. The number of aliphatic hydroxyl groups excluding tert-OH is 1. The third-order valence-electron chi connectivity index (χ3n) is 3.72.